The molecular weight excluding hydrogens is 198 g/mol. The second-order valence-electron chi connectivity index (χ2n) is 3.01. The Hall–Kier alpha value is -1.89. The van der Waals surface area contributed by atoms with Gasteiger partial charge < -0.3 is 15.0 Å². The number of anilines is 1. The van der Waals surface area contributed by atoms with Crippen molar-refractivity contribution >= 4 is 5.69 Å². The lowest BCUT2D eigenvalue weighted by molar-refractivity contribution is 0.174. The summed E-state index contributed by atoms with van der Waals surface area (Å²) in [5.41, 5.74) is 6.12. The van der Waals surface area contributed by atoms with E-state index in [-0.39, 0.29) is 0 Å². The molecule has 0 amide bonds. The molecule has 7 nitrogen and oxygen atoms in total. The molecule has 15 heavy (non-hydrogen) atoms. The number of methoxy groups -OCH3 is 1. The van der Waals surface area contributed by atoms with Crippen LogP contribution in [0.25, 0.3) is 0 Å². The van der Waals surface area contributed by atoms with Crippen molar-refractivity contribution in [2.75, 3.05) is 12.8 Å². The Labute approximate surface area is 85.8 Å². The standard InChI is InChI=1S/C8H11N5O2/c1-14-5-7-11-8(15-12-7)4-13-3-6(9)2-10-13/h2-3H,4-5,9H2,1H3. The number of ether oxygens (including phenoxy) is 1. The predicted octanol–water partition coefficient (Wildman–Crippen LogP) is 0.0430. The van der Waals surface area contributed by atoms with E-state index in [0.29, 0.717) is 30.6 Å². The molecule has 0 radical (unpaired) electrons. The predicted molar refractivity (Wildman–Crippen MR) is 50.8 cm³/mol. The van der Waals surface area contributed by atoms with E-state index < -0.39 is 0 Å². The Morgan fingerprint density at radius 1 is 1.60 bits per heavy atom. The number of aromatic nitrogens is 4. The Balaban J connectivity index is 2.04. The normalized spacial score (nSPS) is 10.7. The molecule has 0 saturated carbocycles. The zero-order chi connectivity index (χ0) is 10.7. The molecule has 0 aromatic carbocycles. The number of hydrogen-bond acceptors (Lipinski definition) is 6. The van der Waals surface area contributed by atoms with E-state index in [1.165, 1.54) is 0 Å². The van der Waals surface area contributed by atoms with Crippen molar-refractivity contribution in [1.82, 2.24) is 19.9 Å². The van der Waals surface area contributed by atoms with E-state index in [9.17, 15) is 0 Å². The Kier molecular flexibility index (Phi) is 2.64. The monoisotopic (exact) mass is 209 g/mol. The summed E-state index contributed by atoms with van der Waals surface area (Å²) >= 11 is 0. The van der Waals surface area contributed by atoms with Crippen molar-refractivity contribution in [3.05, 3.63) is 24.1 Å². The lowest BCUT2D eigenvalue weighted by Crippen LogP contribution is -2.00. The third kappa shape index (κ3) is 2.32. The maximum atomic E-state index is 5.52. The Morgan fingerprint density at radius 3 is 3.13 bits per heavy atom. The third-order valence-corrected chi connectivity index (χ3v) is 1.73. The molecule has 80 valence electrons. The molecule has 2 N–H and O–H groups in total. The van der Waals surface area contributed by atoms with Crippen molar-refractivity contribution in [1.29, 1.82) is 0 Å². The lowest BCUT2D eigenvalue weighted by Gasteiger charge is -1.93. The van der Waals surface area contributed by atoms with Gasteiger partial charge in [0, 0.05) is 13.3 Å². The summed E-state index contributed by atoms with van der Waals surface area (Å²) < 4.78 is 11.5. The van der Waals surface area contributed by atoms with Crippen LogP contribution in [0.4, 0.5) is 5.69 Å². The van der Waals surface area contributed by atoms with E-state index in [0.717, 1.165) is 0 Å². The highest BCUT2D eigenvalue weighted by atomic mass is 16.5. The minimum Gasteiger partial charge on any atom is -0.396 e. The van der Waals surface area contributed by atoms with Crippen LogP contribution in [0.1, 0.15) is 11.7 Å². The summed E-state index contributed by atoms with van der Waals surface area (Å²) in [6, 6.07) is 0. The molecule has 2 heterocycles. The quantitative estimate of drug-likeness (QED) is 0.764. The fourth-order valence-corrected chi connectivity index (χ4v) is 1.15. The van der Waals surface area contributed by atoms with E-state index in [2.05, 4.69) is 15.2 Å². The first-order valence-electron chi connectivity index (χ1n) is 4.36. The summed E-state index contributed by atoms with van der Waals surface area (Å²) in [5.74, 6) is 0.998. The van der Waals surface area contributed by atoms with E-state index >= 15 is 0 Å². The van der Waals surface area contributed by atoms with Crippen LogP contribution in [0.3, 0.4) is 0 Å². The van der Waals surface area contributed by atoms with Gasteiger partial charge in [-0.3, -0.25) is 4.68 Å². The molecule has 0 saturated heterocycles. The zero-order valence-electron chi connectivity index (χ0n) is 8.25. The molecule has 2 rings (SSSR count). The first kappa shape index (κ1) is 9.66. The highest BCUT2D eigenvalue weighted by molar-refractivity contribution is 5.30. The minimum absolute atomic E-state index is 0.338. The van der Waals surface area contributed by atoms with Crippen molar-refractivity contribution in [3.8, 4) is 0 Å². The van der Waals surface area contributed by atoms with Gasteiger partial charge in [0.2, 0.25) is 5.89 Å². The first-order chi connectivity index (χ1) is 7.28. The number of hydrogen-bond donors (Lipinski definition) is 1. The van der Waals surface area contributed by atoms with Crippen molar-refractivity contribution < 1.29 is 9.26 Å². The summed E-state index contributed by atoms with van der Waals surface area (Å²) in [6.45, 7) is 0.749. The molecule has 2 aromatic heterocycles. The summed E-state index contributed by atoms with van der Waals surface area (Å²) in [6.07, 6.45) is 3.26. The van der Waals surface area contributed by atoms with Gasteiger partial charge in [-0.05, 0) is 0 Å². The molecule has 0 spiro atoms. The highest BCUT2D eigenvalue weighted by Crippen LogP contribution is 2.03. The van der Waals surface area contributed by atoms with Crippen LogP contribution in [0, 0.1) is 0 Å². The van der Waals surface area contributed by atoms with E-state index in [1.54, 1.807) is 24.2 Å². The van der Waals surface area contributed by atoms with Gasteiger partial charge in [-0.25, -0.2) is 0 Å². The van der Waals surface area contributed by atoms with Gasteiger partial charge in [0.05, 0.1) is 11.9 Å². The molecule has 0 aliphatic heterocycles. The first-order valence-corrected chi connectivity index (χ1v) is 4.36. The van der Waals surface area contributed by atoms with Crippen LogP contribution in [0.2, 0.25) is 0 Å². The van der Waals surface area contributed by atoms with Crippen LogP contribution in [-0.4, -0.2) is 27.0 Å². The average Bonchev–Trinajstić information content (AvgIpc) is 2.78. The lowest BCUT2D eigenvalue weighted by atomic mass is 10.6. The molecule has 0 aliphatic carbocycles. The maximum absolute atomic E-state index is 5.52. The number of rotatable bonds is 4. The second-order valence-corrected chi connectivity index (χ2v) is 3.01. The molecule has 0 bridgehead atoms. The van der Waals surface area contributed by atoms with Crippen molar-refractivity contribution in [2.45, 2.75) is 13.2 Å². The van der Waals surface area contributed by atoms with Gasteiger partial charge in [-0.15, -0.1) is 0 Å². The topological polar surface area (TPSA) is 92.0 Å². The van der Waals surface area contributed by atoms with Crippen molar-refractivity contribution in [2.24, 2.45) is 0 Å². The fourth-order valence-electron chi connectivity index (χ4n) is 1.15. The molecular formula is C8H11N5O2. The second kappa shape index (κ2) is 4.09. The summed E-state index contributed by atoms with van der Waals surface area (Å²) in [7, 11) is 1.57. The van der Waals surface area contributed by atoms with Crippen LogP contribution < -0.4 is 5.73 Å². The highest BCUT2D eigenvalue weighted by Gasteiger charge is 2.06. The van der Waals surface area contributed by atoms with Gasteiger partial charge in [-0.2, -0.15) is 10.1 Å². The molecule has 2 aromatic rings. The fraction of sp³-hybridized carbons (Fsp3) is 0.375. The molecule has 0 aliphatic rings. The van der Waals surface area contributed by atoms with Gasteiger partial charge >= 0.3 is 0 Å². The molecule has 0 unspecified atom stereocenters. The molecule has 0 atom stereocenters. The Bertz CT molecular complexity index is 436. The number of nitrogens with zero attached hydrogens (tertiary/aromatic N) is 4. The zero-order valence-corrected chi connectivity index (χ0v) is 8.25. The summed E-state index contributed by atoms with van der Waals surface area (Å²) in [5, 5.41) is 7.72. The van der Waals surface area contributed by atoms with Gasteiger partial charge in [0.1, 0.15) is 13.2 Å². The molecule has 7 heteroatoms. The molecule has 0 fully saturated rings. The van der Waals surface area contributed by atoms with Crippen LogP contribution >= 0.6 is 0 Å². The SMILES string of the molecule is COCc1noc(Cn2cc(N)cn2)n1. The van der Waals surface area contributed by atoms with Crippen LogP contribution in [0.15, 0.2) is 16.9 Å². The van der Waals surface area contributed by atoms with E-state index in [4.69, 9.17) is 15.0 Å². The van der Waals surface area contributed by atoms with E-state index in [1.807, 2.05) is 0 Å². The van der Waals surface area contributed by atoms with Gasteiger partial charge in [-0.1, -0.05) is 5.16 Å². The van der Waals surface area contributed by atoms with Gasteiger partial charge in [0.25, 0.3) is 0 Å². The van der Waals surface area contributed by atoms with Crippen LogP contribution in [-0.2, 0) is 17.9 Å². The Morgan fingerprint density at radius 2 is 2.47 bits per heavy atom. The minimum atomic E-state index is 0.338. The smallest absolute Gasteiger partial charge is 0.248 e. The third-order valence-electron chi connectivity index (χ3n) is 1.73. The number of nitrogens with two attached hydrogens (primary N) is 1. The van der Waals surface area contributed by atoms with Gasteiger partial charge in [0.15, 0.2) is 5.82 Å². The average molecular weight is 209 g/mol. The van der Waals surface area contributed by atoms with Crippen molar-refractivity contribution in [3.63, 3.8) is 0 Å². The largest absolute Gasteiger partial charge is 0.396 e. The number of nitrogen functional groups attached to an aromatic ring is 1. The van der Waals surface area contributed by atoms with Crippen LogP contribution in [0.5, 0.6) is 0 Å². The summed E-state index contributed by atoms with van der Waals surface area (Å²) in [4.78, 5) is 4.10. The maximum Gasteiger partial charge on any atom is 0.248 e.